The summed E-state index contributed by atoms with van der Waals surface area (Å²) in [6, 6.07) is 6.35. The van der Waals surface area contributed by atoms with Crippen LogP contribution in [0.15, 0.2) is 18.2 Å². The van der Waals surface area contributed by atoms with Crippen LogP contribution in [0.25, 0.3) is 0 Å². The molecule has 0 saturated heterocycles. The van der Waals surface area contributed by atoms with Crippen molar-refractivity contribution in [1.29, 1.82) is 0 Å². The molecular weight excluding hydrogens is 220 g/mol. The summed E-state index contributed by atoms with van der Waals surface area (Å²) < 4.78 is 5.26. The van der Waals surface area contributed by atoms with Crippen LogP contribution in [-0.2, 0) is 0 Å². The summed E-state index contributed by atoms with van der Waals surface area (Å²) in [4.78, 5) is 0. The molecule has 1 rings (SSSR count). The van der Waals surface area contributed by atoms with Gasteiger partial charge < -0.3 is 4.74 Å². The summed E-state index contributed by atoms with van der Waals surface area (Å²) in [5.41, 5.74) is 2.50. The molecule has 1 aromatic carbocycles. The first-order valence-electron chi connectivity index (χ1n) is 5.79. The monoisotopic (exact) mass is 240 g/mol. The van der Waals surface area contributed by atoms with E-state index in [9.17, 15) is 0 Å². The minimum Gasteiger partial charge on any atom is -0.496 e. The van der Waals surface area contributed by atoms with Crippen LogP contribution in [0.4, 0.5) is 0 Å². The third-order valence-electron chi connectivity index (χ3n) is 2.83. The van der Waals surface area contributed by atoms with Crippen molar-refractivity contribution in [1.82, 2.24) is 0 Å². The van der Waals surface area contributed by atoms with Crippen LogP contribution in [0.1, 0.15) is 37.3 Å². The molecule has 0 aliphatic carbocycles. The Bertz CT molecular complexity index is 334. The van der Waals surface area contributed by atoms with Gasteiger partial charge in [-0.25, -0.2) is 0 Å². The van der Waals surface area contributed by atoms with E-state index in [1.54, 1.807) is 7.11 Å². The van der Waals surface area contributed by atoms with Crippen molar-refractivity contribution in [2.24, 2.45) is 5.92 Å². The number of hydrogen-bond donors (Lipinski definition) is 0. The fourth-order valence-electron chi connectivity index (χ4n) is 2.01. The summed E-state index contributed by atoms with van der Waals surface area (Å²) in [6.45, 7) is 6.54. The van der Waals surface area contributed by atoms with E-state index in [0.29, 0.717) is 17.7 Å². The highest BCUT2D eigenvalue weighted by Gasteiger charge is 2.13. The van der Waals surface area contributed by atoms with Crippen LogP contribution in [0.5, 0.6) is 5.75 Å². The van der Waals surface area contributed by atoms with E-state index in [2.05, 4.69) is 32.9 Å². The first-order chi connectivity index (χ1) is 7.58. The predicted octanol–water partition coefficient (Wildman–Crippen LogP) is 4.37. The second-order valence-corrected chi connectivity index (χ2v) is 5.02. The Morgan fingerprint density at radius 1 is 1.31 bits per heavy atom. The van der Waals surface area contributed by atoms with Gasteiger partial charge in [-0.3, -0.25) is 0 Å². The van der Waals surface area contributed by atoms with Crippen molar-refractivity contribution in [3.05, 3.63) is 29.3 Å². The molecule has 0 saturated carbocycles. The van der Waals surface area contributed by atoms with Crippen LogP contribution in [0.2, 0.25) is 0 Å². The highest BCUT2D eigenvalue weighted by molar-refractivity contribution is 6.18. The lowest BCUT2D eigenvalue weighted by Gasteiger charge is -2.18. The van der Waals surface area contributed by atoms with Crippen LogP contribution >= 0.6 is 11.6 Å². The third-order valence-corrected chi connectivity index (χ3v) is 3.21. The number of halogens is 1. The van der Waals surface area contributed by atoms with E-state index < -0.39 is 0 Å². The molecule has 0 radical (unpaired) electrons. The van der Waals surface area contributed by atoms with E-state index in [4.69, 9.17) is 16.3 Å². The highest BCUT2D eigenvalue weighted by Crippen LogP contribution is 2.28. The van der Waals surface area contributed by atoms with E-state index in [0.717, 1.165) is 12.2 Å². The maximum absolute atomic E-state index is 6.04. The van der Waals surface area contributed by atoms with Gasteiger partial charge in [-0.2, -0.15) is 0 Å². The molecule has 0 fully saturated rings. The van der Waals surface area contributed by atoms with Crippen LogP contribution in [0, 0.1) is 12.8 Å². The van der Waals surface area contributed by atoms with Crippen LogP contribution < -0.4 is 4.74 Å². The quantitative estimate of drug-likeness (QED) is 0.695. The Hall–Kier alpha value is -0.690. The SMILES string of the molecule is COc1ccc(C(CCl)CC(C)C)cc1C. The zero-order chi connectivity index (χ0) is 12.1. The van der Waals surface area contributed by atoms with Crippen molar-refractivity contribution in [2.75, 3.05) is 13.0 Å². The summed E-state index contributed by atoms with van der Waals surface area (Å²) in [6.07, 6.45) is 1.13. The molecule has 0 amide bonds. The normalized spacial score (nSPS) is 12.9. The van der Waals surface area contributed by atoms with Gasteiger partial charge in [0.25, 0.3) is 0 Å². The molecule has 0 bridgehead atoms. The number of benzene rings is 1. The van der Waals surface area contributed by atoms with Crippen LogP contribution in [-0.4, -0.2) is 13.0 Å². The molecule has 1 atom stereocenters. The number of methoxy groups -OCH3 is 1. The zero-order valence-electron chi connectivity index (χ0n) is 10.6. The second-order valence-electron chi connectivity index (χ2n) is 4.71. The minimum absolute atomic E-state index is 0.450. The maximum atomic E-state index is 6.04. The average Bonchev–Trinajstić information content (AvgIpc) is 2.25. The molecule has 16 heavy (non-hydrogen) atoms. The van der Waals surface area contributed by atoms with Gasteiger partial charge in [0.1, 0.15) is 5.75 Å². The largest absolute Gasteiger partial charge is 0.496 e. The van der Waals surface area contributed by atoms with Gasteiger partial charge in [-0.1, -0.05) is 26.0 Å². The van der Waals surface area contributed by atoms with Crippen molar-refractivity contribution in [2.45, 2.75) is 33.1 Å². The van der Waals surface area contributed by atoms with Crippen LogP contribution in [0.3, 0.4) is 0 Å². The molecule has 2 heteroatoms. The van der Waals surface area contributed by atoms with Crippen molar-refractivity contribution in [3.63, 3.8) is 0 Å². The molecule has 0 aliphatic heterocycles. The van der Waals surface area contributed by atoms with Gasteiger partial charge in [0, 0.05) is 5.88 Å². The van der Waals surface area contributed by atoms with E-state index in [-0.39, 0.29) is 0 Å². The van der Waals surface area contributed by atoms with Gasteiger partial charge >= 0.3 is 0 Å². The summed E-state index contributed by atoms with van der Waals surface area (Å²) in [7, 11) is 1.70. The third kappa shape index (κ3) is 3.41. The van der Waals surface area contributed by atoms with Gasteiger partial charge in [-0.15, -0.1) is 11.6 Å². The first kappa shape index (κ1) is 13.4. The van der Waals surface area contributed by atoms with Crippen molar-refractivity contribution >= 4 is 11.6 Å². The van der Waals surface area contributed by atoms with Crippen molar-refractivity contribution < 1.29 is 4.74 Å². The lowest BCUT2D eigenvalue weighted by atomic mass is 9.91. The number of hydrogen-bond acceptors (Lipinski definition) is 1. The molecule has 0 heterocycles. The molecule has 90 valence electrons. The van der Waals surface area contributed by atoms with Gasteiger partial charge in [0.2, 0.25) is 0 Å². The molecule has 1 unspecified atom stereocenters. The highest BCUT2D eigenvalue weighted by atomic mass is 35.5. The summed E-state index contributed by atoms with van der Waals surface area (Å²) in [5.74, 6) is 2.75. The minimum atomic E-state index is 0.450. The number of aryl methyl sites for hydroxylation is 1. The Balaban J connectivity index is 2.89. The van der Waals surface area contributed by atoms with Gasteiger partial charge in [-0.05, 0) is 42.4 Å². The lowest BCUT2D eigenvalue weighted by Crippen LogP contribution is -2.05. The fourth-order valence-corrected chi connectivity index (χ4v) is 2.32. The average molecular weight is 241 g/mol. The Morgan fingerprint density at radius 2 is 2.00 bits per heavy atom. The summed E-state index contributed by atoms with van der Waals surface area (Å²) >= 11 is 6.04. The van der Waals surface area contributed by atoms with E-state index in [1.165, 1.54) is 11.1 Å². The molecule has 0 aromatic heterocycles. The number of rotatable bonds is 5. The van der Waals surface area contributed by atoms with E-state index in [1.807, 2.05) is 6.07 Å². The van der Waals surface area contributed by atoms with Gasteiger partial charge in [0.15, 0.2) is 0 Å². The lowest BCUT2D eigenvalue weighted by molar-refractivity contribution is 0.411. The molecule has 1 aromatic rings. The Kier molecular flexibility index (Phi) is 5.14. The predicted molar refractivity (Wildman–Crippen MR) is 70.6 cm³/mol. The number of alkyl halides is 1. The van der Waals surface area contributed by atoms with Crippen molar-refractivity contribution in [3.8, 4) is 5.75 Å². The van der Waals surface area contributed by atoms with E-state index >= 15 is 0 Å². The fraction of sp³-hybridized carbons (Fsp3) is 0.571. The zero-order valence-corrected chi connectivity index (χ0v) is 11.3. The first-order valence-corrected chi connectivity index (χ1v) is 6.32. The maximum Gasteiger partial charge on any atom is 0.121 e. The Morgan fingerprint density at radius 3 is 2.44 bits per heavy atom. The molecule has 0 N–H and O–H groups in total. The molecule has 0 spiro atoms. The Labute approximate surface area is 104 Å². The molecular formula is C14H21ClO. The second kappa shape index (κ2) is 6.15. The topological polar surface area (TPSA) is 9.23 Å². The molecule has 0 aliphatic rings. The summed E-state index contributed by atoms with van der Waals surface area (Å²) in [5, 5.41) is 0. The van der Waals surface area contributed by atoms with Gasteiger partial charge in [0.05, 0.1) is 7.11 Å². The number of ether oxygens (including phenoxy) is 1. The standard InChI is InChI=1S/C14H21ClO/c1-10(2)7-13(9-15)12-5-6-14(16-4)11(3)8-12/h5-6,8,10,13H,7,9H2,1-4H3. The molecule has 1 nitrogen and oxygen atoms in total. The smallest absolute Gasteiger partial charge is 0.121 e.